The summed E-state index contributed by atoms with van der Waals surface area (Å²) in [7, 11) is 2.06. The molecule has 3 heterocycles. The van der Waals surface area contributed by atoms with Crippen LogP contribution in [-0.4, -0.2) is 21.8 Å². The molecule has 0 unspecified atom stereocenters. The molecule has 1 aliphatic heterocycles. The van der Waals surface area contributed by atoms with Crippen LogP contribution in [0.15, 0.2) is 41.0 Å². The summed E-state index contributed by atoms with van der Waals surface area (Å²) >= 11 is 0. The second-order valence-electron chi connectivity index (χ2n) is 5.10. The van der Waals surface area contributed by atoms with Crippen molar-refractivity contribution in [1.29, 1.82) is 0 Å². The summed E-state index contributed by atoms with van der Waals surface area (Å²) in [5.74, 6) is 2.23. The SMILES string of the molecule is Cc1ccc2c(c1)-c1nc(-c3ccco3)nn1CN2C. The first-order chi connectivity index (χ1) is 9.72. The largest absolute Gasteiger partial charge is 0.461 e. The predicted octanol–water partition coefficient (Wildman–Crippen LogP) is 2.92. The number of anilines is 1. The van der Waals surface area contributed by atoms with Gasteiger partial charge < -0.3 is 9.32 Å². The van der Waals surface area contributed by atoms with Crippen LogP contribution >= 0.6 is 0 Å². The molecule has 0 N–H and O–H groups in total. The molecule has 1 aromatic carbocycles. The molecule has 0 amide bonds. The third kappa shape index (κ3) is 1.56. The van der Waals surface area contributed by atoms with Gasteiger partial charge in [-0.25, -0.2) is 9.67 Å². The lowest BCUT2D eigenvalue weighted by Crippen LogP contribution is -2.27. The maximum absolute atomic E-state index is 5.38. The first-order valence-corrected chi connectivity index (χ1v) is 6.53. The Kier molecular flexibility index (Phi) is 2.24. The number of furan rings is 1. The van der Waals surface area contributed by atoms with Gasteiger partial charge in [0.05, 0.1) is 6.26 Å². The van der Waals surface area contributed by atoms with E-state index in [1.54, 1.807) is 6.26 Å². The molecule has 0 aliphatic carbocycles. The monoisotopic (exact) mass is 266 g/mol. The zero-order valence-electron chi connectivity index (χ0n) is 11.4. The molecule has 3 aromatic rings. The lowest BCUT2D eigenvalue weighted by Gasteiger charge is -2.27. The van der Waals surface area contributed by atoms with E-state index in [9.17, 15) is 0 Å². The van der Waals surface area contributed by atoms with Crippen LogP contribution in [0.3, 0.4) is 0 Å². The summed E-state index contributed by atoms with van der Waals surface area (Å²) in [5.41, 5.74) is 3.51. The van der Waals surface area contributed by atoms with Gasteiger partial charge in [0.25, 0.3) is 0 Å². The molecule has 0 bridgehead atoms. The number of fused-ring (bicyclic) bond motifs is 3. The molecule has 2 aromatic heterocycles. The van der Waals surface area contributed by atoms with Crippen LogP contribution in [-0.2, 0) is 6.67 Å². The number of hydrogen-bond donors (Lipinski definition) is 0. The highest BCUT2D eigenvalue weighted by Gasteiger charge is 2.24. The van der Waals surface area contributed by atoms with Crippen LogP contribution in [0.2, 0.25) is 0 Å². The lowest BCUT2D eigenvalue weighted by atomic mass is 10.1. The van der Waals surface area contributed by atoms with E-state index in [0.717, 1.165) is 11.4 Å². The normalized spacial score (nSPS) is 13.2. The number of aromatic nitrogens is 3. The second-order valence-corrected chi connectivity index (χ2v) is 5.10. The van der Waals surface area contributed by atoms with Crippen molar-refractivity contribution in [3.63, 3.8) is 0 Å². The van der Waals surface area contributed by atoms with E-state index in [1.165, 1.54) is 11.3 Å². The zero-order valence-corrected chi connectivity index (χ0v) is 11.4. The van der Waals surface area contributed by atoms with Gasteiger partial charge in [0.2, 0.25) is 5.82 Å². The minimum Gasteiger partial charge on any atom is -0.461 e. The summed E-state index contributed by atoms with van der Waals surface area (Å²) in [6.45, 7) is 2.78. The van der Waals surface area contributed by atoms with Crippen LogP contribution in [0.1, 0.15) is 5.56 Å². The van der Waals surface area contributed by atoms with E-state index in [4.69, 9.17) is 4.42 Å². The Morgan fingerprint density at radius 3 is 2.95 bits per heavy atom. The van der Waals surface area contributed by atoms with Gasteiger partial charge in [0, 0.05) is 18.3 Å². The molecule has 0 spiro atoms. The van der Waals surface area contributed by atoms with Crippen LogP contribution in [0.25, 0.3) is 23.0 Å². The molecule has 100 valence electrons. The van der Waals surface area contributed by atoms with Crippen molar-refractivity contribution in [2.24, 2.45) is 0 Å². The van der Waals surface area contributed by atoms with Gasteiger partial charge in [-0.2, -0.15) is 0 Å². The molecule has 0 saturated carbocycles. The molecule has 20 heavy (non-hydrogen) atoms. The van der Waals surface area contributed by atoms with Crippen molar-refractivity contribution >= 4 is 5.69 Å². The number of hydrogen-bond acceptors (Lipinski definition) is 4. The van der Waals surface area contributed by atoms with Gasteiger partial charge in [0.1, 0.15) is 6.67 Å². The molecule has 5 nitrogen and oxygen atoms in total. The van der Waals surface area contributed by atoms with E-state index in [0.29, 0.717) is 18.3 Å². The van der Waals surface area contributed by atoms with E-state index >= 15 is 0 Å². The van der Waals surface area contributed by atoms with Gasteiger partial charge in [0.15, 0.2) is 11.6 Å². The molecule has 0 fully saturated rings. The van der Waals surface area contributed by atoms with Gasteiger partial charge in [-0.3, -0.25) is 0 Å². The molecule has 0 saturated heterocycles. The van der Waals surface area contributed by atoms with Crippen molar-refractivity contribution in [1.82, 2.24) is 14.8 Å². The minimum absolute atomic E-state index is 0.632. The summed E-state index contributed by atoms with van der Waals surface area (Å²) < 4.78 is 7.30. The fraction of sp³-hybridized carbons (Fsp3) is 0.200. The number of aryl methyl sites for hydroxylation is 1. The summed E-state index contributed by atoms with van der Waals surface area (Å²) in [6, 6.07) is 10.1. The van der Waals surface area contributed by atoms with E-state index < -0.39 is 0 Å². The van der Waals surface area contributed by atoms with E-state index in [2.05, 4.69) is 47.2 Å². The quantitative estimate of drug-likeness (QED) is 0.679. The van der Waals surface area contributed by atoms with Crippen molar-refractivity contribution in [3.05, 3.63) is 42.2 Å². The Morgan fingerprint density at radius 2 is 2.15 bits per heavy atom. The Labute approximate surface area is 116 Å². The standard InChI is InChI=1S/C15H14N4O/c1-10-5-6-12-11(8-10)15-16-14(13-4-3-7-20-13)17-19(15)9-18(12)2/h3-8H,9H2,1-2H3. The molecule has 4 rings (SSSR count). The molecule has 0 radical (unpaired) electrons. The van der Waals surface area contributed by atoms with Gasteiger partial charge in [-0.1, -0.05) is 11.6 Å². The van der Waals surface area contributed by atoms with Crippen molar-refractivity contribution < 1.29 is 4.42 Å². The number of rotatable bonds is 1. The van der Waals surface area contributed by atoms with E-state index in [1.807, 2.05) is 16.8 Å². The third-order valence-electron chi connectivity index (χ3n) is 3.56. The van der Waals surface area contributed by atoms with Crippen LogP contribution in [0, 0.1) is 6.92 Å². The number of benzene rings is 1. The zero-order chi connectivity index (χ0) is 13.7. The third-order valence-corrected chi connectivity index (χ3v) is 3.56. The molecule has 1 aliphatic rings. The Balaban J connectivity index is 1.92. The molecule has 0 atom stereocenters. The maximum atomic E-state index is 5.38. The van der Waals surface area contributed by atoms with Crippen molar-refractivity contribution in [3.8, 4) is 23.0 Å². The highest BCUT2D eigenvalue weighted by Crippen LogP contribution is 2.35. The first kappa shape index (κ1) is 11.3. The Morgan fingerprint density at radius 1 is 1.25 bits per heavy atom. The lowest BCUT2D eigenvalue weighted by molar-refractivity contribution is 0.569. The van der Waals surface area contributed by atoms with Crippen molar-refractivity contribution in [2.75, 3.05) is 11.9 Å². The Hall–Kier alpha value is -2.56. The van der Waals surface area contributed by atoms with Crippen LogP contribution in [0.5, 0.6) is 0 Å². The molecular formula is C15H14N4O. The number of nitrogens with zero attached hydrogens (tertiary/aromatic N) is 4. The van der Waals surface area contributed by atoms with Crippen molar-refractivity contribution in [2.45, 2.75) is 13.6 Å². The Bertz CT molecular complexity index is 773. The fourth-order valence-electron chi connectivity index (χ4n) is 2.59. The van der Waals surface area contributed by atoms with Crippen LogP contribution < -0.4 is 4.90 Å². The summed E-state index contributed by atoms with van der Waals surface area (Å²) in [6.07, 6.45) is 1.64. The fourth-order valence-corrected chi connectivity index (χ4v) is 2.59. The van der Waals surface area contributed by atoms with Gasteiger partial charge >= 0.3 is 0 Å². The maximum Gasteiger partial charge on any atom is 0.217 e. The van der Waals surface area contributed by atoms with Gasteiger partial charge in [-0.15, -0.1) is 5.10 Å². The van der Waals surface area contributed by atoms with Gasteiger partial charge in [-0.05, 0) is 31.2 Å². The smallest absolute Gasteiger partial charge is 0.217 e. The summed E-state index contributed by atoms with van der Waals surface area (Å²) in [4.78, 5) is 6.81. The van der Waals surface area contributed by atoms with Crippen LogP contribution in [0.4, 0.5) is 5.69 Å². The first-order valence-electron chi connectivity index (χ1n) is 6.53. The minimum atomic E-state index is 0.632. The predicted molar refractivity (Wildman–Crippen MR) is 76.3 cm³/mol. The highest BCUT2D eigenvalue weighted by molar-refractivity contribution is 5.77. The topological polar surface area (TPSA) is 47.1 Å². The average Bonchev–Trinajstić information content (AvgIpc) is 3.06. The summed E-state index contributed by atoms with van der Waals surface area (Å²) in [5, 5.41) is 4.54. The van der Waals surface area contributed by atoms with E-state index in [-0.39, 0.29) is 0 Å². The average molecular weight is 266 g/mol. The second kappa shape index (κ2) is 3.96. The molecular weight excluding hydrogens is 252 g/mol. The highest BCUT2D eigenvalue weighted by atomic mass is 16.3. The molecule has 5 heteroatoms.